The Balaban J connectivity index is 0.745. The molecule has 0 bridgehead atoms. The Labute approximate surface area is 307 Å². The van der Waals surface area contributed by atoms with E-state index in [1.165, 1.54) is 5.69 Å². The van der Waals surface area contributed by atoms with Gasteiger partial charge in [0, 0.05) is 83.2 Å². The van der Waals surface area contributed by atoms with Crippen molar-refractivity contribution in [3.8, 4) is 16.3 Å². The first-order valence-electron chi connectivity index (χ1n) is 18.3. The summed E-state index contributed by atoms with van der Waals surface area (Å²) >= 11 is 1.69. The Morgan fingerprint density at radius 2 is 1.67 bits per heavy atom. The molecule has 3 aromatic carbocycles. The number of piperidine rings is 1. The van der Waals surface area contributed by atoms with Crippen LogP contribution in [0.25, 0.3) is 20.8 Å². The Hall–Kier alpha value is -4.11. The van der Waals surface area contributed by atoms with Crippen molar-refractivity contribution in [3.63, 3.8) is 0 Å². The van der Waals surface area contributed by atoms with Crippen LogP contribution in [0.4, 0.5) is 11.4 Å². The van der Waals surface area contributed by atoms with Crippen molar-refractivity contribution >= 4 is 44.7 Å². The molecule has 274 valence electrons. The predicted octanol–water partition coefficient (Wildman–Crippen LogP) is 4.15. The molecule has 4 aliphatic rings. The highest BCUT2D eigenvalue weighted by Gasteiger charge is 2.44. The van der Waals surface area contributed by atoms with Gasteiger partial charge in [-0.1, -0.05) is 0 Å². The van der Waals surface area contributed by atoms with Crippen LogP contribution >= 0.6 is 11.3 Å². The molecule has 3 atom stereocenters. The van der Waals surface area contributed by atoms with E-state index in [9.17, 15) is 19.8 Å². The highest BCUT2D eigenvalue weighted by Crippen LogP contribution is 2.36. The number of fused-ring (bicyclic) bond motifs is 2. The number of hydrogen-bond acceptors (Lipinski definition) is 12. The molecule has 3 fully saturated rings. The Morgan fingerprint density at radius 1 is 0.904 bits per heavy atom. The van der Waals surface area contributed by atoms with Gasteiger partial charge in [0.25, 0.3) is 11.8 Å². The summed E-state index contributed by atoms with van der Waals surface area (Å²) in [6, 6.07) is 19.4. The normalized spacial score (nSPS) is 25.0. The quantitative estimate of drug-likeness (QED) is 0.152. The van der Waals surface area contributed by atoms with Gasteiger partial charge in [0.05, 0.1) is 33.5 Å². The Kier molecular flexibility index (Phi) is 9.90. The van der Waals surface area contributed by atoms with Crippen molar-refractivity contribution < 1.29 is 29.3 Å². The van der Waals surface area contributed by atoms with Crippen molar-refractivity contribution in [2.75, 3.05) is 63.2 Å². The summed E-state index contributed by atoms with van der Waals surface area (Å²) in [6.45, 7) is 5.17. The van der Waals surface area contributed by atoms with Gasteiger partial charge in [-0.15, -0.1) is 11.3 Å². The molecule has 1 saturated carbocycles. The number of aliphatic hydroxyl groups is 2. The van der Waals surface area contributed by atoms with Crippen LogP contribution in [0.5, 0.6) is 5.75 Å². The van der Waals surface area contributed by atoms with Gasteiger partial charge in [0.15, 0.2) is 0 Å². The van der Waals surface area contributed by atoms with E-state index >= 15 is 0 Å². The van der Waals surface area contributed by atoms with E-state index in [4.69, 9.17) is 14.5 Å². The topological polar surface area (TPSA) is 131 Å². The number of aromatic nitrogens is 1. The molecule has 13 heteroatoms. The van der Waals surface area contributed by atoms with Gasteiger partial charge in [-0.3, -0.25) is 24.7 Å². The molecule has 1 aromatic heterocycles. The monoisotopic (exact) mass is 726 g/mol. The number of hydrogen-bond donors (Lipinski definition) is 3. The molecule has 3 N–H and O–H groups in total. The third kappa shape index (κ3) is 7.13. The van der Waals surface area contributed by atoms with E-state index in [0.29, 0.717) is 24.0 Å². The average Bonchev–Trinajstić information content (AvgIpc) is 3.66. The average molecular weight is 727 g/mol. The lowest BCUT2D eigenvalue weighted by molar-refractivity contribution is -0.0624. The maximum atomic E-state index is 13.3. The van der Waals surface area contributed by atoms with Crippen molar-refractivity contribution in [1.29, 1.82) is 0 Å². The second-order valence-electron chi connectivity index (χ2n) is 14.5. The largest absolute Gasteiger partial charge is 0.490 e. The summed E-state index contributed by atoms with van der Waals surface area (Å²) in [7, 11) is 4.08. The van der Waals surface area contributed by atoms with Gasteiger partial charge in [0.1, 0.15) is 29.3 Å². The van der Waals surface area contributed by atoms with Gasteiger partial charge >= 0.3 is 0 Å². The van der Waals surface area contributed by atoms with E-state index < -0.39 is 24.4 Å². The van der Waals surface area contributed by atoms with Crippen LogP contribution in [0.1, 0.15) is 52.8 Å². The van der Waals surface area contributed by atoms with E-state index in [1.807, 2.05) is 38.4 Å². The molecule has 3 aliphatic heterocycles. The molecule has 2 saturated heterocycles. The number of benzene rings is 3. The number of anilines is 2. The second-order valence-corrected chi connectivity index (χ2v) is 15.5. The summed E-state index contributed by atoms with van der Waals surface area (Å²) < 4.78 is 13.6. The Morgan fingerprint density at radius 3 is 2.42 bits per heavy atom. The number of imide groups is 1. The standard InChI is InChI=1S/C39H46N6O6S/c1-42(2)25-6-4-24(5-7-25)37-40-32-11-9-27(23-34(32)52-37)51-29-21-28(22-29)50-19-3-14-43-15-17-44(18-16-43)26-8-10-30-31(20-26)39(49)45(38(30)48)33-12-13-35(46)41-36(33)47/h4-11,20,23,28-29,33,35-36,41,46-47H,3,12-19,21-22H2,1-2H3/t28?,29?,33-,35-,36-/m1/s1. The summed E-state index contributed by atoms with van der Waals surface area (Å²) in [4.78, 5) is 39.2. The molecule has 2 amide bonds. The van der Waals surface area contributed by atoms with Gasteiger partial charge in [0.2, 0.25) is 0 Å². The van der Waals surface area contributed by atoms with E-state index in [-0.39, 0.29) is 18.1 Å². The number of thiazole rings is 1. The number of rotatable bonds is 11. The number of ether oxygens (including phenoxy) is 2. The molecule has 1 aliphatic carbocycles. The Bertz CT molecular complexity index is 1920. The van der Waals surface area contributed by atoms with Crippen LogP contribution in [0.15, 0.2) is 60.7 Å². The lowest BCUT2D eigenvalue weighted by Crippen LogP contribution is -2.58. The zero-order valence-corrected chi connectivity index (χ0v) is 30.4. The third-order valence-electron chi connectivity index (χ3n) is 10.8. The summed E-state index contributed by atoms with van der Waals surface area (Å²) in [5.74, 6) is 0.103. The molecule has 0 unspecified atom stereocenters. The lowest BCUT2D eigenvalue weighted by Gasteiger charge is -2.37. The number of carbonyl (C=O) groups excluding carboxylic acids is 2. The van der Waals surface area contributed by atoms with E-state index in [2.05, 4.69) is 50.3 Å². The first kappa shape index (κ1) is 34.9. The minimum absolute atomic E-state index is 0.169. The first-order valence-corrected chi connectivity index (χ1v) is 19.1. The smallest absolute Gasteiger partial charge is 0.262 e. The molecule has 8 rings (SSSR count). The number of nitrogens with one attached hydrogen (secondary N) is 1. The van der Waals surface area contributed by atoms with E-state index in [1.54, 1.807) is 17.4 Å². The highest BCUT2D eigenvalue weighted by molar-refractivity contribution is 7.21. The molecular formula is C39H46N6O6S. The maximum absolute atomic E-state index is 13.3. The molecule has 0 radical (unpaired) electrons. The molecule has 12 nitrogen and oxygen atoms in total. The minimum Gasteiger partial charge on any atom is -0.490 e. The number of aliphatic hydroxyl groups excluding tert-OH is 2. The number of carbonyl (C=O) groups is 2. The van der Waals surface area contributed by atoms with Crippen molar-refractivity contribution in [2.24, 2.45) is 0 Å². The van der Waals surface area contributed by atoms with Crippen LogP contribution < -0.4 is 19.9 Å². The second kappa shape index (κ2) is 14.7. The lowest BCUT2D eigenvalue weighted by atomic mass is 9.92. The zero-order valence-electron chi connectivity index (χ0n) is 29.6. The van der Waals surface area contributed by atoms with Crippen molar-refractivity contribution in [3.05, 3.63) is 71.8 Å². The van der Waals surface area contributed by atoms with Crippen LogP contribution in [0, 0.1) is 0 Å². The SMILES string of the molecule is CN(C)c1ccc(-c2nc3ccc(OC4CC(OCCCN5CCN(c6ccc7c(c6)C(=O)N([C@@H]6CC[C@@H](O)N[C@@H]6O)C7=O)CC5)C4)cc3s2)cc1. The highest BCUT2D eigenvalue weighted by atomic mass is 32.1. The fourth-order valence-electron chi connectivity index (χ4n) is 7.61. The van der Waals surface area contributed by atoms with Crippen molar-refractivity contribution in [1.82, 2.24) is 20.1 Å². The zero-order chi connectivity index (χ0) is 35.9. The third-order valence-corrected chi connectivity index (χ3v) is 11.8. The van der Waals surface area contributed by atoms with Gasteiger partial charge < -0.3 is 29.5 Å². The van der Waals surface area contributed by atoms with Crippen LogP contribution in [0.3, 0.4) is 0 Å². The fourth-order valence-corrected chi connectivity index (χ4v) is 8.61. The van der Waals surface area contributed by atoms with Crippen LogP contribution in [0.2, 0.25) is 0 Å². The predicted molar refractivity (Wildman–Crippen MR) is 201 cm³/mol. The van der Waals surface area contributed by atoms with Gasteiger partial charge in [-0.25, -0.2) is 4.98 Å². The van der Waals surface area contributed by atoms with Gasteiger partial charge in [-0.05, 0) is 79.9 Å². The van der Waals surface area contributed by atoms with E-state index in [0.717, 1.165) is 95.7 Å². The molecular weight excluding hydrogens is 681 g/mol. The molecule has 52 heavy (non-hydrogen) atoms. The molecule has 4 aromatic rings. The van der Waals surface area contributed by atoms with Gasteiger partial charge in [-0.2, -0.15) is 0 Å². The van der Waals surface area contributed by atoms with Crippen LogP contribution in [-0.2, 0) is 4.74 Å². The number of piperazine rings is 1. The number of nitrogens with zero attached hydrogens (tertiary/aromatic N) is 5. The number of amides is 2. The summed E-state index contributed by atoms with van der Waals surface area (Å²) in [5.41, 5.74) is 4.94. The summed E-state index contributed by atoms with van der Waals surface area (Å²) in [5, 5.41) is 23.8. The fraction of sp³-hybridized carbons (Fsp3) is 0.462. The van der Waals surface area contributed by atoms with Crippen molar-refractivity contribution in [2.45, 2.75) is 62.8 Å². The molecule has 4 heterocycles. The molecule has 0 spiro atoms. The minimum atomic E-state index is -1.16. The first-order chi connectivity index (χ1) is 25.2. The van der Waals surface area contributed by atoms with Crippen LogP contribution in [-0.4, -0.2) is 121 Å². The maximum Gasteiger partial charge on any atom is 0.262 e. The summed E-state index contributed by atoms with van der Waals surface area (Å²) in [6.07, 6.45) is 1.86.